The van der Waals surface area contributed by atoms with Crippen LogP contribution in [-0.2, 0) is 6.54 Å². The van der Waals surface area contributed by atoms with Crippen LogP contribution in [0.3, 0.4) is 0 Å². The second-order valence-corrected chi connectivity index (χ2v) is 8.23. The molecule has 0 bridgehead atoms. The molecule has 172 valence electrons. The molecular weight excluding hydrogens is 438 g/mol. The zero-order valence-corrected chi connectivity index (χ0v) is 18.3. The van der Waals surface area contributed by atoms with E-state index < -0.39 is 17.5 Å². The first-order valence-electron chi connectivity index (χ1n) is 11.1. The number of hydrogen-bond donors (Lipinski definition) is 1. The van der Waals surface area contributed by atoms with Gasteiger partial charge in [-0.2, -0.15) is 0 Å². The molecule has 3 aromatic carbocycles. The van der Waals surface area contributed by atoms with Gasteiger partial charge in [0.25, 0.3) is 11.5 Å². The van der Waals surface area contributed by atoms with E-state index in [-0.39, 0.29) is 17.7 Å². The van der Waals surface area contributed by atoms with Crippen molar-refractivity contribution in [1.82, 2.24) is 14.9 Å². The number of carbonyl (C=O) groups excluding carboxylic acids is 1. The molecule has 0 atom stereocenters. The van der Waals surface area contributed by atoms with E-state index in [1.54, 1.807) is 22.8 Å². The van der Waals surface area contributed by atoms with Crippen LogP contribution in [0, 0.1) is 11.6 Å². The molecule has 1 amide bonds. The zero-order valence-electron chi connectivity index (χ0n) is 18.3. The summed E-state index contributed by atoms with van der Waals surface area (Å²) in [6.07, 6.45) is 2.04. The molecule has 0 unspecified atom stereocenters. The molecule has 0 radical (unpaired) electrons. The van der Waals surface area contributed by atoms with E-state index >= 15 is 0 Å². The van der Waals surface area contributed by atoms with Crippen molar-refractivity contribution in [2.24, 2.45) is 0 Å². The summed E-state index contributed by atoms with van der Waals surface area (Å²) in [4.78, 5) is 33.1. The molecule has 0 saturated carbocycles. The number of aromatic nitrogens is 2. The van der Waals surface area contributed by atoms with Crippen molar-refractivity contribution < 1.29 is 13.6 Å². The highest BCUT2D eigenvalue weighted by Gasteiger charge is 2.21. The fourth-order valence-corrected chi connectivity index (χ4v) is 4.20. The third kappa shape index (κ3) is 4.14. The molecule has 4 aromatic rings. The Kier molecular flexibility index (Phi) is 5.79. The summed E-state index contributed by atoms with van der Waals surface area (Å²) in [5.74, 6) is -1.30. The molecule has 0 aliphatic carbocycles. The molecule has 2 heterocycles. The number of nitrogens with one attached hydrogen (secondary N) is 1. The van der Waals surface area contributed by atoms with Gasteiger partial charge in [0.2, 0.25) is 5.95 Å². The van der Waals surface area contributed by atoms with Gasteiger partial charge in [0.1, 0.15) is 11.6 Å². The average molecular weight is 460 g/mol. The molecule has 1 saturated heterocycles. The molecule has 1 N–H and O–H groups in total. The van der Waals surface area contributed by atoms with Gasteiger partial charge in [-0.3, -0.25) is 9.59 Å². The van der Waals surface area contributed by atoms with Gasteiger partial charge in [-0.15, -0.1) is 0 Å². The van der Waals surface area contributed by atoms with E-state index in [0.717, 1.165) is 43.8 Å². The molecule has 5 rings (SSSR count). The fraction of sp³-hybridized carbons (Fsp3) is 0.192. The molecule has 8 heteroatoms. The predicted molar refractivity (Wildman–Crippen MR) is 126 cm³/mol. The van der Waals surface area contributed by atoms with Crippen molar-refractivity contribution in [3.8, 4) is 5.69 Å². The number of amides is 1. The number of nitrogens with zero attached hydrogens (tertiary/aromatic N) is 3. The van der Waals surface area contributed by atoms with Crippen LogP contribution in [-0.4, -0.2) is 28.5 Å². The van der Waals surface area contributed by atoms with E-state index in [0.29, 0.717) is 22.4 Å². The third-order valence-electron chi connectivity index (χ3n) is 5.97. The van der Waals surface area contributed by atoms with Crippen LogP contribution in [0.1, 0.15) is 28.8 Å². The lowest BCUT2D eigenvalue weighted by atomic mass is 10.1. The first kappa shape index (κ1) is 21.8. The zero-order chi connectivity index (χ0) is 23.7. The predicted octanol–water partition coefficient (Wildman–Crippen LogP) is 4.19. The van der Waals surface area contributed by atoms with Gasteiger partial charge >= 0.3 is 0 Å². The van der Waals surface area contributed by atoms with Gasteiger partial charge in [0, 0.05) is 36.8 Å². The lowest BCUT2D eigenvalue weighted by Gasteiger charge is -2.22. The van der Waals surface area contributed by atoms with Crippen LogP contribution in [0.5, 0.6) is 0 Å². The Labute approximate surface area is 194 Å². The van der Waals surface area contributed by atoms with Crippen molar-refractivity contribution in [3.63, 3.8) is 0 Å². The third-order valence-corrected chi connectivity index (χ3v) is 5.97. The number of hydrogen-bond acceptors (Lipinski definition) is 4. The quantitative estimate of drug-likeness (QED) is 0.485. The minimum absolute atomic E-state index is 0.0922. The number of halogens is 2. The highest BCUT2D eigenvalue weighted by Crippen LogP contribution is 2.23. The first-order chi connectivity index (χ1) is 16.5. The molecule has 0 spiro atoms. The molecule has 1 aromatic heterocycles. The van der Waals surface area contributed by atoms with Gasteiger partial charge in [-0.05, 0) is 49.2 Å². The van der Waals surface area contributed by atoms with E-state index in [9.17, 15) is 18.4 Å². The maximum absolute atomic E-state index is 13.9. The minimum Gasteiger partial charge on any atom is -0.348 e. The van der Waals surface area contributed by atoms with E-state index in [1.165, 1.54) is 6.07 Å². The highest BCUT2D eigenvalue weighted by molar-refractivity contribution is 5.97. The molecular formula is C26H22F2N4O2. The van der Waals surface area contributed by atoms with Gasteiger partial charge in [-0.1, -0.05) is 24.3 Å². The lowest BCUT2D eigenvalue weighted by Crippen LogP contribution is -2.30. The van der Waals surface area contributed by atoms with E-state index in [2.05, 4.69) is 10.2 Å². The Morgan fingerprint density at radius 1 is 0.971 bits per heavy atom. The Hall–Kier alpha value is -4.07. The van der Waals surface area contributed by atoms with Crippen molar-refractivity contribution in [3.05, 3.63) is 99.8 Å². The van der Waals surface area contributed by atoms with Gasteiger partial charge < -0.3 is 10.2 Å². The first-order valence-corrected chi connectivity index (χ1v) is 11.1. The number of para-hydroxylation sites is 1. The standard InChI is InChI=1S/C26H22F2N4O2/c27-19-10-8-18(22(28)15-19)16-29-24(33)17-9-11-21-23(14-17)30-26(31-12-4-5-13-31)32(25(21)34)20-6-2-1-3-7-20/h1-3,6-11,14-15H,4-5,12-13,16H2,(H,29,33). The SMILES string of the molecule is O=C(NCc1ccc(F)cc1F)c1ccc2c(=O)n(-c3ccccc3)c(N3CCCC3)nc2c1. The van der Waals surface area contributed by atoms with E-state index in [1.807, 2.05) is 30.3 Å². The largest absolute Gasteiger partial charge is 0.348 e. The molecule has 1 fully saturated rings. The summed E-state index contributed by atoms with van der Waals surface area (Å²) < 4.78 is 28.6. The van der Waals surface area contributed by atoms with Gasteiger partial charge in [0.05, 0.1) is 16.6 Å². The topological polar surface area (TPSA) is 67.2 Å². The smallest absolute Gasteiger partial charge is 0.267 e. The molecule has 1 aliphatic heterocycles. The number of anilines is 1. The van der Waals surface area contributed by atoms with Crippen LogP contribution >= 0.6 is 0 Å². The molecule has 6 nitrogen and oxygen atoms in total. The number of carbonyl (C=O) groups is 1. The Morgan fingerprint density at radius 3 is 2.47 bits per heavy atom. The van der Waals surface area contributed by atoms with Crippen LogP contribution in [0.2, 0.25) is 0 Å². The van der Waals surface area contributed by atoms with Gasteiger partial charge in [-0.25, -0.2) is 18.3 Å². The summed E-state index contributed by atoms with van der Waals surface area (Å²) in [7, 11) is 0. The summed E-state index contributed by atoms with van der Waals surface area (Å²) in [6, 6.07) is 17.3. The number of benzene rings is 3. The second kappa shape index (κ2) is 9.05. The minimum atomic E-state index is -0.725. The molecule has 34 heavy (non-hydrogen) atoms. The Bertz CT molecular complexity index is 1430. The maximum atomic E-state index is 13.9. The van der Waals surface area contributed by atoms with Crippen molar-refractivity contribution in [2.75, 3.05) is 18.0 Å². The van der Waals surface area contributed by atoms with Crippen LogP contribution < -0.4 is 15.8 Å². The normalized spacial score (nSPS) is 13.4. The van der Waals surface area contributed by atoms with Crippen LogP contribution in [0.4, 0.5) is 14.7 Å². The maximum Gasteiger partial charge on any atom is 0.267 e. The summed E-state index contributed by atoms with van der Waals surface area (Å²) in [5.41, 5.74) is 1.41. The second-order valence-electron chi connectivity index (χ2n) is 8.23. The van der Waals surface area contributed by atoms with Crippen molar-refractivity contribution in [1.29, 1.82) is 0 Å². The Morgan fingerprint density at radius 2 is 1.74 bits per heavy atom. The van der Waals surface area contributed by atoms with Crippen molar-refractivity contribution in [2.45, 2.75) is 19.4 Å². The molecule has 1 aliphatic rings. The van der Waals surface area contributed by atoms with Crippen LogP contribution in [0.25, 0.3) is 16.6 Å². The average Bonchev–Trinajstić information content (AvgIpc) is 3.38. The summed E-state index contributed by atoms with van der Waals surface area (Å²) in [6.45, 7) is 1.51. The lowest BCUT2D eigenvalue weighted by molar-refractivity contribution is 0.0950. The fourth-order valence-electron chi connectivity index (χ4n) is 4.20. The summed E-state index contributed by atoms with van der Waals surface area (Å²) in [5, 5.41) is 3.04. The number of fused-ring (bicyclic) bond motifs is 1. The van der Waals surface area contributed by atoms with Crippen molar-refractivity contribution >= 4 is 22.8 Å². The van der Waals surface area contributed by atoms with Crippen LogP contribution in [0.15, 0.2) is 71.5 Å². The number of rotatable bonds is 5. The monoisotopic (exact) mass is 460 g/mol. The van der Waals surface area contributed by atoms with E-state index in [4.69, 9.17) is 4.98 Å². The van der Waals surface area contributed by atoms with Gasteiger partial charge in [0.15, 0.2) is 0 Å². The highest BCUT2D eigenvalue weighted by atomic mass is 19.1. The Balaban J connectivity index is 1.51. The summed E-state index contributed by atoms with van der Waals surface area (Å²) >= 11 is 0.